The van der Waals surface area contributed by atoms with Crippen LogP contribution in [0.25, 0.3) is 11.1 Å². The molecule has 1 aromatic heterocycles. The van der Waals surface area contributed by atoms with Crippen LogP contribution in [0.3, 0.4) is 0 Å². The standard InChI is InChI=1S/C25H26Cl2N4O/c1-31-11-8-25(9-12-31,17-29-24(32)30-23-14-21(26)13-22(27)15-23)20-6-4-18(5-7-20)19-3-2-10-28-16-19/h2-7,10,13-16H,8-9,11-12,17H2,1H3,(H2,29,30,32)/p+1. The smallest absolute Gasteiger partial charge is 0.319 e. The first-order valence-electron chi connectivity index (χ1n) is 10.7. The lowest BCUT2D eigenvalue weighted by molar-refractivity contribution is -0.377. The number of carbonyl (C=O) groups is 1. The summed E-state index contributed by atoms with van der Waals surface area (Å²) >= 11 is 12.1. The summed E-state index contributed by atoms with van der Waals surface area (Å²) in [5.41, 5.74) is 4.02. The van der Waals surface area contributed by atoms with E-state index >= 15 is 0 Å². The zero-order valence-corrected chi connectivity index (χ0v) is 19.5. The number of hydrogen-bond acceptors (Lipinski definition) is 2. The molecule has 5 nitrogen and oxygen atoms in total. The quantitative estimate of drug-likeness (QED) is 0.535. The van der Waals surface area contributed by atoms with E-state index in [2.05, 4.69) is 57.9 Å². The summed E-state index contributed by atoms with van der Waals surface area (Å²) in [6, 6.07) is 17.5. The highest BCUT2D eigenvalue weighted by Gasteiger charge is 2.35. The van der Waals surface area contributed by atoms with E-state index < -0.39 is 0 Å². The molecule has 0 bridgehead atoms. The summed E-state index contributed by atoms with van der Waals surface area (Å²) in [7, 11) is 2.14. The van der Waals surface area contributed by atoms with Gasteiger partial charge in [0.15, 0.2) is 12.4 Å². The molecule has 0 radical (unpaired) electrons. The first-order chi connectivity index (χ1) is 15.4. The summed E-state index contributed by atoms with van der Waals surface area (Å²) in [4.78, 5) is 18.1. The zero-order valence-electron chi connectivity index (χ0n) is 18.0. The maximum Gasteiger partial charge on any atom is 0.319 e. The van der Waals surface area contributed by atoms with Gasteiger partial charge in [-0.2, -0.15) is 0 Å². The van der Waals surface area contributed by atoms with E-state index in [0.717, 1.165) is 37.1 Å². The predicted molar refractivity (Wildman–Crippen MR) is 130 cm³/mol. The molecule has 32 heavy (non-hydrogen) atoms. The molecule has 0 spiro atoms. The molecule has 0 aliphatic carbocycles. The number of amides is 2. The first-order valence-corrected chi connectivity index (χ1v) is 11.5. The maximum absolute atomic E-state index is 12.6. The van der Waals surface area contributed by atoms with Crippen LogP contribution in [-0.2, 0) is 5.41 Å². The van der Waals surface area contributed by atoms with Crippen molar-refractivity contribution in [3.8, 4) is 11.1 Å². The van der Waals surface area contributed by atoms with Crippen LogP contribution in [0, 0.1) is 0 Å². The van der Waals surface area contributed by atoms with Gasteiger partial charge in [-0.15, -0.1) is 0 Å². The van der Waals surface area contributed by atoms with Crippen molar-refractivity contribution < 1.29 is 9.78 Å². The van der Waals surface area contributed by atoms with Crippen molar-refractivity contribution >= 4 is 34.9 Å². The van der Waals surface area contributed by atoms with Gasteiger partial charge in [-0.1, -0.05) is 47.5 Å². The second kappa shape index (κ2) is 9.90. The van der Waals surface area contributed by atoms with Crippen molar-refractivity contribution in [2.45, 2.75) is 18.3 Å². The molecule has 3 N–H and O–H groups in total. The Hall–Kier alpha value is -2.60. The van der Waals surface area contributed by atoms with Gasteiger partial charge in [0.25, 0.3) is 0 Å². The molecule has 1 aliphatic rings. The van der Waals surface area contributed by atoms with E-state index in [1.54, 1.807) is 18.2 Å². The Balaban J connectivity index is 1.49. The van der Waals surface area contributed by atoms with Gasteiger partial charge in [0.05, 0.1) is 0 Å². The number of urea groups is 1. The number of nitrogens with zero attached hydrogens (tertiary/aromatic N) is 1. The van der Waals surface area contributed by atoms with Crippen molar-refractivity contribution in [3.05, 3.63) is 82.6 Å². The minimum atomic E-state index is -0.266. The zero-order chi connectivity index (χ0) is 22.6. The van der Waals surface area contributed by atoms with E-state index in [1.165, 1.54) is 5.56 Å². The van der Waals surface area contributed by atoms with Crippen molar-refractivity contribution in [2.75, 3.05) is 32.0 Å². The molecule has 1 aliphatic heterocycles. The average Bonchev–Trinajstić information content (AvgIpc) is 2.79. The van der Waals surface area contributed by atoms with Gasteiger partial charge >= 0.3 is 6.03 Å². The highest BCUT2D eigenvalue weighted by Crippen LogP contribution is 2.36. The Bertz CT molecular complexity index is 1040. The number of rotatable bonds is 5. The van der Waals surface area contributed by atoms with Crippen molar-refractivity contribution in [1.82, 2.24) is 10.2 Å². The molecule has 0 atom stereocenters. The number of likely N-dealkylation sites (tertiary alicyclic amines) is 1. The largest absolute Gasteiger partial charge is 0.337 e. The number of halogens is 2. The van der Waals surface area contributed by atoms with Gasteiger partial charge in [0.1, 0.15) is 0 Å². The Morgan fingerprint density at radius 2 is 1.72 bits per heavy atom. The molecule has 3 aromatic rings. The van der Waals surface area contributed by atoms with Crippen LogP contribution < -0.4 is 15.6 Å². The van der Waals surface area contributed by atoms with Crippen molar-refractivity contribution in [1.29, 1.82) is 0 Å². The summed E-state index contributed by atoms with van der Waals surface area (Å²) in [6.07, 6.45) is 5.85. The molecule has 0 saturated carbocycles. The predicted octanol–water partition coefficient (Wildman–Crippen LogP) is 5.26. The van der Waals surface area contributed by atoms with E-state index in [0.29, 0.717) is 22.3 Å². The first kappa shape index (κ1) is 22.6. The number of pyridine rings is 1. The molecule has 0 unspecified atom stereocenters. The van der Waals surface area contributed by atoms with E-state index in [9.17, 15) is 4.79 Å². The van der Waals surface area contributed by atoms with Crippen molar-refractivity contribution in [3.63, 3.8) is 0 Å². The third-order valence-corrected chi connectivity index (χ3v) is 6.63. The summed E-state index contributed by atoms with van der Waals surface area (Å²) in [5.74, 6) is 0. The molecule has 1 saturated heterocycles. The fraction of sp³-hybridized carbons (Fsp3) is 0.280. The number of aromatic nitrogens is 1. The van der Waals surface area contributed by atoms with Crippen LogP contribution in [0.15, 0.2) is 67.0 Å². The van der Waals surface area contributed by atoms with Gasteiger partial charge < -0.3 is 15.5 Å². The van der Waals surface area contributed by atoms with Crippen LogP contribution in [0.5, 0.6) is 0 Å². The summed E-state index contributed by atoms with van der Waals surface area (Å²) in [6.45, 7) is 2.53. The maximum atomic E-state index is 12.6. The molecule has 2 aromatic carbocycles. The van der Waals surface area contributed by atoms with Gasteiger partial charge in [0, 0.05) is 39.3 Å². The number of aromatic amines is 1. The fourth-order valence-electron chi connectivity index (χ4n) is 4.25. The van der Waals surface area contributed by atoms with E-state index in [1.807, 2.05) is 18.5 Å². The van der Waals surface area contributed by atoms with Gasteiger partial charge in [0.2, 0.25) is 0 Å². The minimum Gasteiger partial charge on any atom is -0.337 e. The number of carbonyl (C=O) groups excluding carboxylic acids is 1. The number of benzene rings is 2. The summed E-state index contributed by atoms with van der Waals surface area (Å²) in [5, 5.41) is 6.88. The molecule has 166 valence electrons. The van der Waals surface area contributed by atoms with E-state index in [-0.39, 0.29) is 11.4 Å². The Morgan fingerprint density at radius 1 is 1.03 bits per heavy atom. The molecule has 1 fully saturated rings. The number of piperidine rings is 1. The lowest BCUT2D eigenvalue weighted by Crippen LogP contribution is -2.48. The SMILES string of the molecule is CN1CCC(CNC(=O)Nc2cc(Cl)cc(Cl)c2)(c2ccc(-c3ccc[nH+]c3)cc2)CC1. The molecule has 2 heterocycles. The Morgan fingerprint density at radius 3 is 2.34 bits per heavy atom. The second-order valence-electron chi connectivity index (χ2n) is 8.42. The highest BCUT2D eigenvalue weighted by atomic mass is 35.5. The third kappa shape index (κ3) is 5.41. The number of nitrogens with one attached hydrogen (secondary N) is 3. The van der Waals surface area contributed by atoms with Crippen LogP contribution in [0.4, 0.5) is 10.5 Å². The fourth-order valence-corrected chi connectivity index (χ4v) is 4.78. The van der Waals surface area contributed by atoms with Crippen molar-refractivity contribution in [2.24, 2.45) is 0 Å². The normalized spacial score (nSPS) is 15.8. The van der Waals surface area contributed by atoms with Crippen LogP contribution >= 0.6 is 23.2 Å². The van der Waals surface area contributed by atoms with Gasteiger partial charge in [-0.3, -0.25) is 0 Å². The second-order valence-corrected chi connectivity index (χ2v) is 9.29. The topological polar surface area (TPSA) is 58.5 Å². The number of hydrogen-bond donors (Lipinski definition) is 2. The van der Waals surface area contributed by atoms with Gasteiger partial charge in [-0.25, -0.2) is 9.78 Å². The molecular weight excluding hydrogens is 443 g/mol. The Kier molecular flexibility index (Phi) is 6.99. The number of anilines is 1. The van der Waals surface area contributed by atoms with Crippen LogP contribution in [0.2, 0.25) is 10.0 Å². The molecule has 7 heteroatoms. The monoisotopic (exact) mass is 469 g/mol. The molecule has 2 amide bonds. The van der Waals surface area contributed by atoms with Gasteiger partial charge in [-0.05, 0) is 68.4 Å². The summed E-state index contributed by atoms with van der Waals surface area (Å²) < 4.78 is 0. The van der Waals surface area contributed by atoms with E-state index in [4.69, 9.17) is 23.2 Å². The lowest BCUT2D eigenvalue weighted by atomic mass is 9.72. The lowest BCUT2D eigenvalue weighted by Gasteiger charge is -2.41. The number of H-pyrrole nitrogens is 1. The Labute approximate surface area is 198 Å². The highest BCUT2D eigenvalue weighted by molar-refractivity contribution is 6.35. The third-order valence-electron chi connectivity index (χ3n) is 6.19. The molecular formula is C25H27Cl2N4O+. The average molecular weight is 470 g/mol. The van der Waals surface area contributed by atoms with Crippen LogP contribution in [0.1, 0.15) is 18.4 Å². The molecule has 4 rings (SSSR count). The minimum absolute atomic E-state index is 0.114. The van der Waals surface area contributed by atoms with Crippen LogP contribution in [-0.4, -0.2) is 37.6 Å².